The molecule has 2 atom stereocenters. The van der Waals surface area contributed by atoms with Crippen molar-refractivity contribution in [3.63, 3.8) is 0 Å². The van der Waals surface area contributed by atoms with Gasteiger partial charge in [0.1, 0.15) is 11.3 Å². The fourth-order valence-corrected chi connectivity index (χ4v) is 7.73. The minimum atomic E-state index is 0.254. The van der Waals surface area contributed by atoms with E-state index in [1.165, 1.54) is 51.6 Å². The van der Waals surface area contributed by atoms with Gasteiger partial charge >= 0.3 is 0 Å². The minimum Gasteiger partial charge on any atom is -0.508 e. The molecule has 1 aliphatic carbocycles. The summed E-state index contributed by atoms with van der Waals surface area (Å²) in [6.45, 7) is 5.09. The van der Waals surface area contributed by atoms with Crippen LogP contribution in [0.1, 0.15) is 38.5 Å². The zero-order valence-corrected chi connectivity index (χ0v) is 23.9. The second kappa shape index (κ2) is 9.85. The van der Waals surface area contributed by atoms with E-state index in [4.69, 9.17) is 14.7 Å². The van der Waals surface area contributed by atoms with Crippen molar-refractivity contribution in [2.75, 3.05) is 44.7 Å². The second-order valence-electron chi connectivity index (χ2n) is 13.1. The Kier molecular flexibility index (Phi) is 6.08. The van der Waals surface area contributed by atoms with Crippen molar-refractivity contribution in [3.8, 4) is 22.8 Å². The van der Waals surface area contributed by atoms with E-state index in [0.29, 0.717) is 23.4 Å². The second-order valence-corrected chi connectivity index (χ2v) is 13.1. The summed E-state index contributed by atoms with van der Waals surface area (Å²) in [6.07, 6.45) is 9.46. The first kappa shape index (κ1) is 25.3. The van der Waals surface area contributed by atoms with Crippen molar-refractivity contribution in [1.82, 2.24) is 20.2 Å². The quantitative estimate of drug-likeness (QED) is 0.325. The number of likely N-dealkylation sites (tertiary alicyclic amines) is 1. The lowest BCUT2D eigenvalue weighted by molar-refractivity contribution is 0.110. The molecule has 4 aliphatic rings. The number of anilines is 1. The van der Waals surface area contributed by atoms with Gasteiger partial charge in [-0.15, -0.1) is 0 Å². The maximum atomic E-state index is 10.5. The number of hydrogen-bond acceptors (Lipinski definition) is 7. The topological polar surface area (TPSA) is 73.8 Å². The minimum absolute atomic E-state index is 0.254. The first-order valence-corrected chi connectivity index (χ1v) is 15.4. The molecule has 2 aromatic heterocycles. The molecule has 5 heterocycles. The van der Waals surface area contributed by atoms with Crippen LogP contribution in [0.4, 0.5) is 5.69 Å². The summed E-state index contributed by atoms with van der Waals surface area (Å²) in [7, 11) is 2.23. The molecule has 4 aromatic rings. The van der Waals surface area contributed by atoms with Gasteiger partial charge in [0.25, 0.3) is 0 Å². The molecule has 0 amide bonds. The van der Waals surface area contributed by atoms with Crippen LogP contribution in [0.15, 0.2) is 54.7 Å². The summed E-state index contributed by atoms with van der Waals surface area (Å²) < 4.78 is 6.62. The van der Waals surface area contributed by atoms with Crippen molar-refractivity contribution in [2.45, 2.75) is 50.6 Å². The van der Waals surface area contributed by atoms with E-state index in [0.717, 1.165) is 64.2 Å². The molecule has 0 spiro atoms. The van der Waals surface area contributed by atoms with Crippen LogP contribution in [0.5, 0.6) is 11.6 Å². The van der Waals surface area contributed by atoms with Crippen molar-refractivity contribution in [2.24, 2.45) is 11.3 Å². The number of fused-ring (bicyclic) bond motifs is 4. The van der Waals surface area contributed by atoms with E-state index in [9.17, 15) is 5.11 Å². The third kappa shape index (κ3) is 4.69. The molecule has 212 valence electrons. The van der Waals surface area contributed by atoms with Gasteiger partial charge in [-0.3, -0.25) is 4.98 Å². The normalized spacial score (nSPS) is 24.3. The van der Waals surface area contributed by atoms with E-state index < -0.39 is 0 Å². The third-order valence-corrected chi connectivity index (χ3v) is 10.3. The number of benzene rings is 2. The monoisotopic (exact) mass is 549 g/mol. The Morgan fingerprint density at radius 3 is 2.56 bits per heavy atom. The standard InChI is InChI=1S/C34H39N5O2/c1-38-12-8-24(9-13-38)34(10-11-34)21-41-32-17-31(39-19-25-6-7-26(20-39)36-25)33-30(37-32)15-23(18-35-33)29-16-27(40)14-22-4-2-3-5-28(22)29/h2-5,14-18,24-26,36,40H,6-13,19-21H2,1H3. The Bertz CT molecular complexity index is 1600. The van der Waals surface area contributed by atoms with Gasteiger partial charge in [-0.2, -0.15) is 0 Å². The molecule has 2 unspecified atom stereocenters. The number of nitrogens with zero attached hydrogens (tertiary/aromatic N) is 4. The maximum Gasteiger partial charge on any atom is 0.216 e. The van der Waals surface area contributed by atoms with E-state index in [1.54, 1.807) is 0 Å². The summed E-state index contributed by atoms with van der Waals surface area (Å²) in [5.74, 6) is 1.71. The Morgan fingerprint density at radius 1 is 1.00 bits per heavy atom. The molecular weight excluding hydrogens is 510 g/mol. The van der Waals surface area contributed by atoms with Gasteiger partial charge in [0.05, 0.1) is 17.8 Å². The lowest BCUT2D eigenvalue weighted by Gasteiger charge is -2.35. The van der Waals surface area contributed by atoms with Crippen molar-refractivity contribution in [3.05, 3.63) is 54.7 Å². The van der Waals surface area contributed by atoms with Crippen molar-refractivity contribution < 1.29 is 9.84 Å². The molecule has 2 bridgehead atoms. The van der Waals surface area contributed by atoms with E-state index in [-0.39, 0.29) is 5.75 Å². The Labute approximate surface area is 241 Å². The van der Waals surface area contributed by atoms with Crippen LogP contribution < -0.4 is 15.0 Å². The molecule has 4 fully saturated rings. The zero-order valence-electron chi connectivity index (χ0n) is 23.9. The van der Waals surface area contributed by atoms with E-state index in [2.05, 4.69) is 40.4 Å². The van der Waals surface area contributed by atoms with Gasteiger partial charge < -0.3 is 25.0 Å². The van der Waals surface area contributed by atoms with Gasteiger partial charge in [0.15, 0.2) is 0 Å². The van der Waals surface area contributed by atoms with Crippen LogP contribution >= 0.6 is 0 Å². The number of aromatic nitrogens is 2. The molecule has 3 saturated heterocycles. The third-order valence-electron chi connectivity index (χ3n) is 10.3. The first-order valence-electron chi connectivity index (χ1n) is 15.4. The van der Waals surface area contributed by atoms with E-state index in [1.807, 2.05) is 36.5 Å². The fraction of sp³-hybridized carbons (Fsp3) is 0.471. The molecule has 2 aromatic carbocycles. The number of phenolic OH excluding ortho intramolecular Hbond substituents is 1. The highest BCUT2D eigenvalue weighted by atomic mass is 16.5. The number of piperazine rings is 1. The molecule has 1 saturated carbocycles. The number of aromatic hydroxyl groups is 1. The number of ether oxygens (including phenoxy) is 1. The van der Waals surface area contributed by atoms with Crippen LogP contribution in [-0.2, 0) is 0 Å². The highest BCUT2D eigenvalue weighted by molar-refractivity contribution is 6.00. The molecule has 8 rings (SSSR count). The zero-order chi connectivity index (χ0) is 27.6. The highest BCUT2D eigenvalue weighted by Crippen LogP contribution is 2.55. The number of rotatable bonds is 6. The van der Waals surface area contributed by atoms with Crippen LogP contribution in [0, 0.1) is 11.3 Å². The Hall–Kier alpha value is -3.42. The predicted octanol–water partition coefficient (Wildman–Crippen LogP) is 5.60. The highest BCUT2D eigenvalue weighted by Gasteiger charge is 2.50. The number of piperidine rings is 1. The predicted molar refractivity (Wildman–Crippen MR) is 164 cm³/mol. The van der Waals surface area contributed by atoms with Gasteiger partial charge in [0, 0.05) is 48.4 Å². The summed E-state index contributed by atoms with van der Waals surface area (Å²) in [6, 6.07) is 17.1. The SMILES string of the molecule is CN1CCC(C2(COc3cc(N4CC5CCC(C4)N5)c4ncc(-c5cc(O)cc6ccccc56)cc4n3)CC2)CC1. The summed E-state index contributed by atoms with van der Waals surface area (Å²) in [4.78, 5) is 15.0. The molecule has 3 aliphatic heterocycles. The van der Waals surface area contributed by atoms with Gasteiger partial charge in [-0.25, -0.2) is 4.98 Å². The van der Waals surface area contributed by atoms with Gasteiger partial charge in [-0.1, -0.05) is 24.3 Å². The first-order chi connectivity index (χ1) is 20.0. The van der Waals surface area contributed by atoms with Crippen LogP contribution in [0.3, 0.4) is 0 Å². The maximum absolute atomic E-state index is 10.5. The largest absolute Gasteiger partial charge is 0.508 e. The summed E-state index contributed by atoms with van der Waals surface area (Å²) in [5, 5.41) is 16.4. The Balaban J connectivity index is 1.17. The lowest BCUT2D eigenvalue weighted by Crippen LogP contribution is -2.51. The molecule has 7 nitrogen and oxygen atoms in total. The number of nitrogens with one attached hydrogen (secondary N) is 1. The summed E-state index contributed by atoms with van der Waals surface area (Å²) >= 11 is 0. The molecule has 2 N–H and O–H groups in total. The average molecular weight is 550 g/mol. The lowest BCUT2D eigenvalue weighted by atomic mass is 9.82. The average Bonchev–Trinajstić information content (AvgIpc) is 3.71. The van der Waals surface area contributed by atoms with Crippen molar-refractivity contribution >= 4 is 27.5 Å². The van der Waals surface area contributed by atoms with Gasteiger partial charge in [0.2, 0.25) is 5.88 Å². The van der Waals surface area contributed by atoms with Crippen molar-refractivity contribution in [1.29, 1.82) is 0 Å². The summed E-state index contributed by atoms with van der Waals surface area (Å²) in [5.41, 5.74) is 5.11. The smallest absolute Gasteiger partial charge is 0.216 e. The number of hydrogen-bond donors (Lipinski definition) is 2. The van der Waals surface area contributed by atoms with E-state index >= 15 is 0 Å². The molecule has 7 heteroatoms. The van der Waals surface area contributed by atoms with Gasteiger partial charge in [-0.05, 0) is 99.1 Å². The molecule has 0 radical (unpaired) electrons. The Morgan fingerprint density at radius 2 is 1.78 bits per heavy atom. The van der Waals surface area contributed by atoms with Crippen LogP contribution in [-0.4, -0.2) is 71.9 Å². The molecule has 41 heavy (non-hydrogen) atoms. The van der Waals surface area contributed by atoms with Crippen LogP contribution in [0.2, 0.25) is 0 Å². The van der Waals surface area contributed by atoms with Crippen LogP contribution in [0.25, 0.3) is 32.9 Å². The molecular formula is C34H39N5O2. The fourth-order valence-electron chi connectivity index (χ4n) is 7.73. The number of pyridine rings is 2. The number of phenols is 1.